The molecule has 1 aliphatic heterocycles. The molecule has 34 heavy (non-hydrogen) atoms. The van der Waals surface area contributed by atoms with Gasteiger partial charge in [0, 0.05) is 17.0 Å². The third-order valence-corrected chi connectivity index (χ3v) is 6.95. The molecule has 1 saturated heterocycles. The number of esters is 1. The number of aromatic nitrogens is 3. The number of piperidine rings is 1. The molecule has 1 aliphatic rings. The number of carbonyl (C=O) groups excluding carboxylic acids is 2. The van der Waals surface area contributed by atoms with Gasteiger partial charge in [0.05, 0.1) is 17.3 Å². The molecule has 1 fully saturated rings. The van der Waals surface area contributed by atoms with Crippen molar-refractivity contribution in [2.75, 3.05) is 4.90 Å². The van der Waals surface area contributed by atoms with Gasteiger partial charge in [-0.1, -0.05) is 41.1 Å². The summed E-state index contributed by atoms with van der Waals surface area (Å²) in [6.07, 6.45) is 0.589. The molecule has 0 unspecified atom stereocenters. The van der Waals surface area contributed by atoms with Crippen LogP contribution in [-0.4, -0.2) is 26.9 Å². The monoisotopic (exact) mass is 474 g/mol. The molecule has 3 heterocycles. The third kappa shape index (κ3) is 4.10. The number of hydrogen-bond acceptors (Lipinski definition) is 7. The number of carbonyl (C=O) groups is 2. The Labute approximate surface area is 199 Å². The van der Waals surface area contributed by atoms with Crippen molar-refractivity contribution in [1.29, 1.82) is 0 Å². The van der Waals surface area contributed by atoms with Crippen molar-refractivity contribution in [3.05, 3.63) is 86.8 Å². The standard InChI is InChI=1S/C25H22N4O4S/c1-16-8-10-17(11-9-16)29-22(30)13-12-19(23(29)21-7-4-14-34-21)25(32)33-15-28-24(31)18-5-2-3-6-20(18)26-27-28/h2-11,14,19,23H,12-13,15H2,1H3/t19-,23+/m1/s1. The minimum Gasteiger partial charge on any atom is -0.442 e. The van der Waals surface area contributed by atoms with E-state index >= 15 is 0 Å². The number of rotatable bonds is 5. The van der Waals surface area contributed by atoms with Gasteiger partial charge in [-0.25, -0.2) is 0 Å². The first-order valence-corrected chi connectivity index (χ1v) is 11.8. The quantitative estimate of drug-likeness (QED) is 0.408. The Hall–Kier alpha value is -3.85. The van der Waals surface area contributed by atoms with Crippen LogP contribution in [0.3, 0.4) is 0 Å². The second-order valence-corrected chi connectivity index (χ2v) is 9.19. The first-order chi connectivity index (χ1) is 16.5. The lowest BCUT2D eigenvalue weighted by Gasteiger charge is -2.39. The highest BCUT2D eigenvalue weighted by Crippen LogP contribution is 2.42. The largest absolute Gasteiger partial charge is 0.442 e. The van der Waals surface area contributed by atoms with Crippen LogP contribution < -0.4 is 10.5 Å². The molecule has 2 atom stereocenters. The fourth-order valence-electron chi connectivity index (χ4n) is 4.27. The van der Waals surface area contributed by atoms with E-state index in [0.717, 1.165) is 20.8 Å². The van der Waals surface area contributed by atoms with Crippen molar-refractivity contribution in [2.45, 2.75) is 32.5 Å². The van der Waals surface area contributed by atoms with E-state index in [9.17, 15) is 14.4 Å². The second-order valence-electron chi connectivity index (χ2n) is 8.21. The molecule has 5 rings (SSSR count). The Morgan fingerprint density at radius 1 is 1.09 bits per heavy atom. The summed E-state index contributed by atoms with van der Waals surface area (Å²) in [6, 6.07) is 17.9. The smallest absolute Gasteiger partial charge is 0.313 e. The maximum absolute atomic E-state index is 13.3. The number of fused-ring (bicyclic) bond motifs is 1. The predicted octanol–water partition coefficient (Wildman–Crippen LogP) is 3.85. The molecule has 0 aliphatic carbocycles. The number of nitrogens with zero attached hydrogens (tertiary/aromatic N) is 4. The van der Waals surface area contributed by atoms with Crippen molar-refractivity contribution >= 4 is 39.8 Å². The Balaban J connectivity index is 1.43. The first kappa shape index (κ1) is 22.0. The zero-order chi connectivity index (χ0) is 23.7. The van der Waals surface area contributed by atoms with Crippen LogP contribution in [0.25, 0.3) is 10.9 Å². The molecule has 0 saturated carbocycles. The van der Waals surface area contributed by atoms with E-state index in [1.54, 1.807) is 29.2 Å². The van der Waals surface area contributed by atoms with Crippen LogP contribution in [0.2, 0.25) is 0 Å². The Bertz CT molecular complexity index is 1400. The summed E-state index contributed by atoms with van der Waals surface area (Å²) in [5.74, 6) is -1.10. The highest BCUT2D eigenvalue weighted by Gasteiger charge is 2.42. The minimum absolute atomic E-state index is 0.0390. The van der Waals surface area contributed by atoms with E-state index in [2.05, 4.69) is 10.3 Å². The number of benzene rings is 2. The normalized spacial score (nSPS) is 18.3. The topological polar surface area (TPSA) is 94.4 Å². The molecule has 2 aromatic heterocycles. The zero-order valence-electron chi connectivity index (χ0n) is 18.5. The Kier molecular flexibility index (Phi) is 5.93. The van der Waals surface area contributed by atoms with Crippen LogP contribution in [0, 0.1) is 12.8 Å². The van der Waals surface area contributed by atoms with E-state index in [1.807, 2.05) is 48.7 Å². The van der Waals surface area contributed by atoms with Crippen LogP contribution in [0.15, 0.2) is 70.8 Å². The summed E-state index contributed by atoms with van der Waals surface area (Å²) >= 11 is 1.49. The van der Waals surface area contributed by atoms with Gasteiger partial charge in [-0.15, -0.1) is 16.4 Å². The van der Waals surface area contributed by atoms with Gasteiger partial charge in [-0.3, -0.25) is 14.4 Å². The van der Waals surface area contributed by atoms with E-state index < -0.39 is 17.9 Å². The van der Waals surface area contributed by atoms with Gasteiger partial charge in [-0.2, -0.15) is 4.68 Å². The summed E-state index contributed by atoms with van der Waals surface area (Å²) < 4.78 is 6.59. The molecule has 8 nitrogen and oxygen atoms in total. The number of thiophene rings is 1. The van der Waals surface area contributed by atoms with Crippen LogP contribution in [0.1, 0.15) is 29.3 Å². The van der Waals surface area contributed by atoms with Crippen LogP contribution in [0.4, 0.5) is 5.69 Å². The number of amides is 1. The highest BCUT2D eigenvalue weighted by molar-refractivity contribution is 7.10. The van der Waals surface area contributed by atoms with Gasteiger partial charge >= 0.3 is 5.97 Å². The molecule has 0 radical (unpaired) electrons. The summed E-state index contributed by atoms with van der Waals surface area (Å²) in [5.41, 5.74) is 1.92. The van der Waals surface area contributed by atoms with E-state index in [0.29, 0.717) is 17.3 Å². The fourth-order valence-corrected chi connectivity index (χ4v) is 5.15. The molecular weight excluding hydrogens is 452 g/mol. The molecule has 1 amide bonds. The van der Waals surface area contributed by atoms with Crippen LogP contribution in [-0.2, 0) is 21.1 Å². The van der Waals surface area contributed by atoms with Crippen LogP contribution >= 0.6 is 11.3 Å². The SMILES string of the molecule is Cc1ccc(N2C(=O)CC[C@@H](C(=O)OCn3nnc4ccccc4c3=O)[C@H]2c2cccs2)cc1. The average molecular weight is 475 g/mol. The van der Waals surface area contributed by atoms with Gasteiger partial charge < -0.3 is 9.64 Å². The van der Waals surface area contributed by atoms with Gasteiger partial charge in [0.25, 0.3) is 5.56 Å². The Morgan fingerprint density at radius 2 is 1.88 bits per heavy atom. The molecule has 9 heteroatoms. The molecule has 0 spiro atoms. The minimum atomic E-state index is -0.582. The van der Waals surface area contributed by atoms with Crippen molar-refractivity contribution in [2.24, 2.45) is 5.92 Å². The third-order valence-electron chi connectivity index (χ3n) is 6.01. The predicted molar refractivity (Wildman–Crippen MR) is 128 cm³/mol. The van der Waals surface area contributed by atoms with E-state index in [-0.39, 0.29) is 24.6 Å². The summed E-state index contributed by atoms with van der Waals surface area (Å²) in [4.78, 5) is 41.6. The maximum atomic E-state index is 13.3. The lowest BCUT2D eigenvalue weighted by molar-refractivity contribution is -0.155. The number of ether oxygens (including phenoxy) is 1. The lowest BCUT2D eigenvalue weighted by atomic mass is 9.87. The number of aryl methyl sites for hydroxylation is 1. The van der Waals surface area contributed by atoms with Crippen molar-refractivity contribution in [3.63, 3.8) is 0 Å². The van der Waals surface area contributed by atoms with Gasteiger partial charge in [0.2, 0.25) is 5.91 Å². The maximum Gasteiger partial charge on any atom is 0.313 e. The molecule has 0 N–H and O–H groups in total. The summed E-state index contributed by atoms with van der Waals surface area (Å²) in [5, 5.41) is 10.2. The second kappa shape index (κ2) is 9.18. The van der Waals surface area contributed by atoms with Crippen LogP contribution in [0.5, 0.6) is 0 Å². The van der Waals surface area contributed by atoms with Crippen molar-refractivity contribution in [3.8, 4) is 0 Å². The zero-order valence-corrected chi connectivity index (χ0v) is 19.3. The molecule has 172 valence electrons. The van der Waals surface area contributed by atoms with Gasteiger partial charge in [-0.05, 0) is 49.1 Å². The summed E-state index contributed by atoms with van der Waals surface area (Å²) in [6.45, 7) is 1.64. The first-order valence-electron chi connectivity index (χ1n) is 10.9. The Morgan fingerprint density at radius 3 is 2.65 bits per heavy atom. The van der Waals surface area contributed by atoms with Crippen molar-refractivity contribution < 1.29 is 14.3 Å². The molecular formula is C25H22N4O4S. The molecule has 0 bridgehead atoms. The van der Waals surface area contributed by atoms with Gasteiger partial charge in [0.1, 0.15) is 5.52 Å². The highest BCUT2D eigenvalue weighted by atomic mass is 32.1. The molecule has 2 aromatic carbocycles. The number of anilines is 1. The summed E-state index contributed by atoms with van der Waals surface area (Å²) in [7, 11) is 0. The number of hydrogen-bond donors (Lipinski definition) is 0. The van der Waals surface area contributed by atoms with Gasteiger partial charge in [0.15, 0.2) is 6.73 Å². The lowest BCUT2D eigenvalue weighted by Crippen LogP contribution is -2.46. The average Bonchev–Trinajstić information content (AvgIpc) is 3.39. The molecule has 4 aromatic rings. The van der Waals surface area contributed by atoms with E-state index in [4.69, 9.17) is 4.74 Å². The van der Waals surface area contributed by atoms with Crippen molar-refractivity contribution in [1.82, 2.24) is 15.0 Å². The fraction of sp³-hybridized carbons (Fsp3) is 0.240. The van der Waals surface area contributed by atoms with E-state index in [1.165, 1.54) is 11.3 Å².